The number of benzene rings is 1. The Bertz CT molecular complexity index is 819. The minimum absolute atomic E-state index is 0.221. The molecule has 1 N–H and O–H groups in total. The Hall–Kier alpha value is -1.85. The van der Waals surface area contributed by atoms with Gasteiger partial charge in [-0.05, 0) is 17.7 Å². The van der Waals surface area contributed by atoms with E-state index >= 15 is 0 Å². The van der Waals surface area contributed by atoms with E-state index in [1.807, 2.05) is 0 Å². The number of fused-ring (bicyclic) bond motifs is 1. The third-order valence-electron chi connectivity index (χ3n) is 5.09. The summed E-state index contributed by atoms with van der Waals surface area (Å²) in [6, 6.07) is 6.66. The number of amides is 1. The number of rotatable bonds is 4. The van der Waals surface area contributed by atoms with Gasteiger partial charge < -0.3 is 19.5 Å². The van der Waals surface area contributed by atoms with Crippen LogP contribution in [0, 0.1) is 22.2 Å². The summed E-state index contributed by atoms with van der Waals surface area (Å²) in [4.78, 5) is 25.4. The predicted molar refractivity (Wildman–Crippen MR) is 86.6 cm³/mol. The first kappa shape index (κ1) is 18.0. The SMILES string of the molecule is COC(=O)[C@@]12C(=O)NC(OC)(OC)[C@]1(C#N)[C@H]2c1ccc(Cl)cc1Cl. The van der Waals surface area contributed by atoms with Crippen LogP contribution in [0.2, 0.25) is 10.0 Å². The number of carbonyl (C=O) groups excluding carboxylic acids is 2. The fraction of sp³-hybridized carbons (Fsp3) is 0.438. The minimum atomic E-state index is -1.83. The van der Waals surface area contributed by atoms with Crippen LogP contribution >= 0.6 is 23.2 Å². The van der Waals surface area contributed by atoms with Gasteiger partial charge in [0.15, 0.2) is 10.8 Å². The summed E-state index contributed by atoms with van der Waals surface area (Å²) < 4.78 is 15.5. The number of halogens is 2. The van der Waals surface area contributed by atoms with Gasteiger partial charge in [0.25, 0.3) is 5.91 Å². The topological polar surface area (TPSA) is 97.7 Å². The highest BCUT2D eigenvalue weighted by molar-refractivity contribution is 6.35. The molecule has 1 aromatic rings. The molecule has 3 rings (SSSR count). The number of carbonyl (C=O) groups is 2. The summed E-state index contributed by atoms with van der Waals surface area (Å²) in [5.74, 6) is -4.32. The smallest absolute Gasteiger partial charge is 0.324 e. The van der Waals surface area contributed by atoms with E-state index in [1.165, 1.54) is 20.3 Å². The second-order valence-corrected chi connectivity index (χ2v) is 6.64. The molecule has 0 aromatic heterocycles. The summed E-state index contributed by atoms with van der Waals surface area (Å²) in [5, 5.41) is 13.1. The van der Waals surface area contributed by atoms with Crippen molar-refractivity contribution >= 4 is 35.1 Å². The maximum atomic E-state index is 12.8. The molecule has 1 saturated heterocycles. The van der Waals surface area contributed by atoms with E-state index in [2.05, 4.69) is 11.4 Å². The molecule has 1 amide bonds. The molecule has 0 unspecified atom stereocenters. The lowest BCUT2D eigenvalue weighted by atomic mass is 9.94. The third kappa shape index (κ3) is 1.78. The largest absolute Gasteiger partial charge is 0.468 e. The summed E-state index contributed by atoms with van der Waals surface area (Å²) in [7, 11) is 3.69. The Kier molecular flexibility index (Phi) is 4.01. The molecule has 0 radical (unpaired) electrons. The van der Waals surface area contributed by atoms with Gasteiger partial charge in [0, 0.05) is 30.2 Å². The number of esters is 1. The molecule has 0 spiro atoms. The van der Waals surface area contributed by atoms with E-state index in [1.54, 1.807) is 12.1 Å². The highest BCUT2D eigenvalue weighted by Gasteiger charge is 2.98. The Labute approximate surface area is 153 Å². The third-order valence-corrected chi connectivity index (χ3v) is 5.65. The molecule has 7 nitrogen and oxygen atoms in total. The molecule has 132 valence electrons. The molecule has 1 aromatic carbocycles. The van der Waals surface area contributed by atoms with Crippen LogP contribution in [-0.4, -0.2) is 39.1 Å². The van der Waals surface area contributed by atoms with E-state index in [4.69, 9.17) is 37.4 Å². The lowest BCUT2D eigenvalue weighted by Gasteiger charge is -2.32. The lowest BCUT2D eigenvalue weighted by Crippen LogP contribution is -2.54. The molecule has 1 saturated carbocycles. The van der Waals surface area contributed by atoms with Crippen LogP contribution in [0.1, 0.15) is 11.5 Å². The van der Waals surface area contributed by atoms with Crippen LogP contribution in [0.3, 0.4) is 0 Å². The van der Waals surface area contributed by atoms with Crippen molar-refractivity contribution in [2.75, 3.05) is 21.3 Å². The van der Waals surface area contributed by atoms with Gasteiger partial charge in [-0.1, -0.05) is 29.3 Å². The van der Waals surface area contributed by atoms with E-state index < -0.39 is 34.5 Å². The van der Waals surface area contributed by atoms with Crippen molar-refractivity contribution in [2.45, 2.75) is 11.8 Å². The molecule has 1 aliphatic carbocycles. The van der Waals surface area contributed by atoms with Gasteiger partial charge in [0.05, 0.1) is 13.2 Å². The van der Waals surface area contributed by atoms with Crippen molar-refractivity contribution in [2.24, 2.45) is 10.8 Å². The normalized spacial score (nSPS) is 31.7. The maximum Gasteiger partial charge on any atom is 0.324 e. The summed E-state index contributed by atoms with van der Waals surface area (Å²) in [6.45, 7) is 0. The maximum absolute atomic E-state index is 12.8. The van der Waals surface area contributed by atoms with Gasteiger partial charge in [0.1, 0.15) is 0 Å². The van der Waals surface area contributed by atoms with Gasteiger partial charge in [-0.25, -0.2) is 0 Å². The Morgan fingerprint density at radius 2 is 1.92 bits per heavy atom. The first-order chi connectivity index (χ1) is 11.8. The number of hydrogen-bond acceptors (Lipinski definition) is 6. The molecule has 0 bridgehead atoms. The van der Waals surface area contributed by atoms with Gasteiger partial charge in [0.2, 0.25) is 5.91 Å². The zero-order chi connectivity index (χ0) is 18.6. The fourth-order valence-corrected chi connectivity index (χ4v) is 4.57. The molecule has 2 fully saturated rings. The molecule has 3 atom stereocenters. The van der Waals surface area contributed by atoms with Crippen LogP contribution < -0.4 is 5.32 Å². The van der Waals surface area contributed by atoms with E-state index in [0.29, 0.717) is 10.6 Å². The quantitative estimate of drug-likeness (QED) is 0.483. The molecule has 2 aliphatic rings. The van der Waals surface area contributed by atoms with Crippen molar-refractivity contribution in [3.05, 3.63) is 33.8 Å². The number of piperidine rings is 1. The van der Waals surface area contributed by atoms with Crippen molar-refractivity contribution in [3.63, 3.8) is 0 Å². The van der Waals surface area contributed by atoms with Crippen LogP contribution in [0.25, 0.3) is 0 Å². The van der Waals surface area contributed by atoms with Crippen LogP contribution in [0.15, 0.2) is 18.2 Å². The van der Waals surface area contributed by atoms with Gasteiger partial charge >= 0.3 is 5.97 Å². The van der Waals surface area contributed by atoms with Crippen molar-refractivity contribution < 1.29 is 23.8 Å². The molecule has 25 heavy (non-hydrogen) atoms. The number of nitrogens with one attached hydrogen (secondary N) is 1. The monoisotopic (exact) mass is 384 g/mol. The zero-order valence-electron chi connectivity index (χ0n) is 13.6. The number of hydrogen-bond donors (Lipinski definition) is 1. The highest BCUT2D eigenvalue weighted by Crippen LogP contribution is 2.82. The van der Waals surface area contributed by atoms with Crippen molar-refractivity contribution in [1.29, 1.82) is 5.26 Å². The Morgan fingerprint density at radius 3 is 2.40 bits per heavy atom. The molecular weight excluding hydrogens is 371 g/mol. The van der Waals surface area contributed by atoms with Gasteiger partial charge in [-0.15, -0.1) is 0 Å². The van der Waals surface area contributed by atoms with Gasteiger partial charge in [-0.2, -0.15) is 5.26 Å². The second-order valence-electron chi connectivity index (χ2n) is 5.80. The average Bonchev–Trinajstić information content (AvgIpc) is 3.17. The minimum Gasteiger partial charge on any atom is -0.468 e. The van der Waals surface area contributed by atoms with E-state index in [0.717, 1.165) is 7.11 Å². The number of methoxy groups -OCH3 is 3. The van der Waals surface area contributed by atoms with Crippen LogP contribution in [0.5, 0.6) is 0 Å². The van der Waals surface area contributed by atoms with Crippen LogP contribution in [0.4, 0.5) is 0 Å². The Balaban J connectivity index is 2.31. The number of nitriles is 1. The van der Waals surface area contributed by atoms with E-state index in [-0.39, 0.29) is 5.02 Å². The molecule has 1 heterocycles. The van der Waals surface area contributed by atoms with Crippen LogP contribution in [-0.2, 0) is 23.8 Å². The first-order valence-corrected chi connectivity index (χ1v) is 7.96. The molecule has 1 aliphatic heterocycles. The summed E-state index contributed by atoms with van der Waals surface area (Å²) in [6.07, 6.45) is 0. The molecular formula is C16H14Cl2N2O5. The highest BCUT2D eigenvalue weighted by atomic mass is 35.5. The lowest BCUT2D eigenvalue weighted by molar-refractivity contribution is -0.248. The summed E-state index contributed by atoms with van der Waals surface area (Å²) >= 11 is 12.2. The zero-order valence-corrected chi connectivity index (χ0v) is 15.1. The predicted octanol–water partition coefficient (Wildman–Crippen LogP) is 1.84. The summed E-state index contributed by atoms with van der Waals surface area (Å²) in [5.41, 5.74) is -3.11. The van der Waals surface area contributed by atoms with Gasteiger partial charge in [-0.3, -0.25) is 9.59 Å². The number of nitrogens with zero attached hydrogens (tertiary/aromatic N) is 1. The second kappa shape index (κ2) is 5.58. The Morgan fingerprint density at radius 1 is 1.28 bits per heavy atom. The average molecular weight is 385 g/mol. The van der Waals surface area contributed by atoms with E-state index in [9.17, 15) is 14.9 Å². The van der Waals surface area contributed by atoms with Crippen molar-refractivity contribution in [1.82, 2.24) is 5.32 Å². The number of ether oxygens (including phenoxy) is 3. The standard InChI is InChI=1S/C16H14Cl2N2O5/c1-23-13(22)15-11(9-5-4-8(17)6-10(9)18)14(15,7-19)16(24-2,25-3)20-12(15)21/h4-6,11H,1-3H3,(H,20,21)/t11-,14-,15-/m1/s1. The first-order valence-electron chi connectivity index (χ1n) is 7.20. The molecule has 9 heteroatoms. The fourth-order valence-electron chi connectivity index (χ4n) is 4.05. The van der Waals surface area contributed by atoms with Crippen molar-refractivity contribution in [3.8, 4) is 6.07 Å².